The Balaban J connectivity index is 3.36. The van der Waals surface area contributed by atoms with E-state index >= 15 is 0 Å². The predicted octanol–water partition coefficient (Wildman–Crippen LogP) is 17.7. The van der Waals surface area contributed by atoms with Gasteiger partial charge < -0.3 is 20.3 Å². The van der Waals surface area contributed by atoms with Gasteiger partial charge in [0.2, 0.25) is 5.91 Å². The van der Waals surface area contributed by atoms with E-state index in [1.807, 2.05) is 0 Å². The maximum atomic E-state index is 12.4. The maximum Gasteiger partial charge on any atom is 0.305 e. The topological polar surface area (TPSA) is 95.9 Å². The number of aliphatic hydroxyl groups excluding tert-OH is 2. The Morgan fingerprint density at radius 1 is 0.422 bits per heavy atom. The number of carbonyl (C=O) groups is 2. The fraction of sp³-hybridized carbons (Fsp3) is 0.931. The zero-order valence-corrected chi connectivity index (χ0v) is 43.3. The van der Waals surface area contributed by atoms with Crippen LogP contribution in [-0.4, -0.2) is 47.4 Å². The summed E-state index contributed by atoms with van der Waals surface area (Å²) in [6, 6.07) is -0.541. The van der Waals surface area contributed by atoms with Crippen molar-refractivity contribution in [1.29, 1.82) is 0 Å². The Labute approximate surface area is 399 Å². The van der Waals surface area contributed by atoms with Crippen molar-refractivity contribution in [2.24, 2.45) is 0 Å². The first-order chi connectivity index (χ1) is 31.5. The van der Waals surface area contributed by atoms with E-state index < -0.39 is 12.1 Å². The van der Waals surface area contributed by atoms with Gasteiger partial charge in [0.15, 0.2) is 0 Å². The highest BCUT2D eigenvalue weighted by Gasteiger charge is 2.20. The molecule has 6 heteroatoms. The number of unbranched alkanes of at least 4 members (excludes halogenated alkanes) is 41. The van der Waals surface area contributed by atoms with Gasteiger partial charge >= 0.3 is 5.97 Å². The lowest BCUT2D eigenvalue weighted by atomic mass is 10.0. The number of carbonyl (C=O) groups excluding carboxylic acids is 2. The van der Waals surface area contributed by atoms with Crippen molar-refractivity contribution in [2.45, 2.75) is 334 Å². The number of ether oxygens (including phenoxy) is 1. The van der Waals surface area contributed by atoms with Gasteiger partial charge in [-0.15, -0.1) is 0 Å². The highest BCUT2D eigenvalue weighted by atomic mass is 16.5. The Hall–Kier alpha value is -1.40. The molecule has 380 valence electrons. The van der Waals surface area contributed by atoms with Crippen molar-refractivity contribution < 1.29 is 24.5 Å². The zero-order valence-electron chi connectivity index (χ0n) is 43.3. The molecule has 3 N–H and O–H groups in total. The smallest absolute Gasteiger partial charge is 0.305 e. The van der Waals surface area contributed by atoms with Crippen LogP contribution in [0.25, 0.3) is 0 Å². The Kier molecular flexibility index (Phi) is 53.0. The summed E-state index contributed by atoms with van der Waals surface area (Å²) in [5, 5.41) is 23.1. The summed E-state index contributed by atoms with van der Waals surface area (Å²) in [4.78, 5) is 24.4. The second-order valence-electron chi connectivity index (χ2n) is 20.0. The van der Waals surface area contributed by atoms with Crippen LogP contribution < -0.4 is 5.32 Å². The van der Waals surface area contributed by atoms with Gasteiger partial charge in [0.1, 0.15) is 0 Å². The quantitative estimate of drug-likeness (QED) is 0.0321. The highest BCUT2D eigenvalue weighted by molar-refractivity contribution is 5.76. The van der Waals surface area contributed by atoms with Crippen LogP contribution in [0.1, 0.15) is 322 Å². The van der Waals surface area contributed by atoms with Crippen LogP contribution in [0.2, 0.25) is 0 Å². The number of aliphatic hydroxyl groups is 2. The third kappa shape index (κ3) is 50.0. The van der Waals surface area contributed by atoms with Crippen LogP contribution in [0.5, 0.6) is 0 Å². The Morgan fingerprint density at radius 3 is 1.11 bits per heavy atom. The van der Waals surface area contributed by atoms with Crippen LogP contribution >= 0.6 is 0 Å². The van der Waals surface area contributed by atoms with E-state index in [0.717, 1.165) is 38.5 Å². The van der Waals surface area contributed by atoms with Gasteiger partial charge in [-0.25, -0.2) is 0 Å². The molecule has 0 aliphatic rings. The molecule has 0 saturated carbocycles. The summed E-state index contributed by atoms with van der Waals surface area (Å²) in [5.74, 6) is -0.0243. The van der Waals surface area contributed by atoms with Crippen molar-refractivity contribution in [3.05, 3.63) is 12.2 Å². The minimum atomic E-state index is -0.663. The van der Waals surface area contributed by atoms with Crippen molar-refractivity contribution in [3.8, 4) is 0 Å². The molecular weight excluding hydrogens is 791 g/mol. The number of hydrogen-bond acceptors (Lipinski definition) is 5. The van der Waals surface area contributed by atoms with E-state index in [4.69, 9.17) is 4.74 Å². The molecule has 0 bridgehead atoms. The van der Waals surface area contributed by atoms with Gasteiger partial charge in [-0.3, -0.25) is 9.59 Å². The van der Waals surface area contributed by atoms with Gasteiger partial charge in [0, 0.05) is 12.8 Å². The average Bonchev–Trinajstić information content (AvgIpc) is 3.29. The fourth-order valence-corrected chi connectivity index (χ4v) is 9.11. The first kappa shape index (κ1) is 62.6. The number of hydrogen-bond donors (Lipinski definition) is 3. The molecule has 0 fully saturated rings. The number of rotatable bonds is 54. The molecule has 2 unspecified atom stereocenters. The largest absolute Gasteiger partial charge is 0.466 e. The summed E-state index contributed by atoms with van der Waals surface area (Å²) >= 11 is 0. The van der Waals surface area contributed by atoms with Crippen molar-refractivity contribution in [2.75, 3.05) is 13.2 Å². The zero-order chi connectivity index (χ0) is 46.5. The van der Waals surface area contributed by atoms with Crippen LogP contribution in [0.4, 0.5) is 0 Å². The van der Waals surface area contributed by atoms with Gasteiger partial charge in [-0.2, -0.15) is 0 Å². The molecule has 0 aromatic carbocycles. The monoisotopic (exact) mass is 904 g/mol. The summed E-state index contributed by atoms with van der Waals surface area (Å²) in [7, 11) is 0. The number of amides is 1. The third-order valence-corrected chi connectivity index (χ3v) is 13.6. The first-order valence-electron chi connectivity index (χ1n) is 28.9. The predicted molar refractivity (Wildman–Crippen MR) is 278 cm³/mol. The van der Waals surface area contributed by atoms with Gasteiger partial charge in [0.05, 0.1) is 25.4 Å². The lowest BCUT2D eigenvalue weighted by Gasteiger charge is -2.22. The summed E-state index contributed by atoms with van der Waals surface area (Å²) in [5.41, 5.74) is 0. The SMILES string of the molecule is CCCCCCCCCCCCCCC(=O)OCCCCCCCCCCCCCC/C=C\CCCCCCCCCCCC(=O)NC(CO)C(O)CCCCCCCCCCCC. The lowest BCUT2D eigenvalue weighted by Crippen LogP contribution is -2.45. The lowest BCUT2D eigenvalue weighted by molar-refractivity contribution is -0.143. The summed E-state index contributed by atoms with van der Waals surface area (Å²) in [6.07, 6.45) is 63.6. The van der Waals surface area contributed by atoms with Gasteiger partial charge in [0.25, 0.3) is 0 Å². The molecule has 6 nitrogen and oxygen atoms in total. The van der Waals surface area contributed by atoms with Crippen LogP contribution in [0.15, 0.2) is 12.2 Å². The van der Waals surface area contributed by atoms with Crippen LogP contribution in [-0.2, 0) is 14.3 Å². The molecule has 0 aromatic heterocycles. The third-order valence-electron chi connectivity index (χ3n) is 13.6. The van der Waals surface area contributed by atoms with Crippen LogP contribution in [0, 0.1) is 0 Å². The van der Waals surface area contributed by atoms with E-state index in [-0.39, 0.29) is 18.5 Å². The van der Waals surface area contributed by atoms with Gasteiger partial charge in [-0.1, -0.05) is 270 Å². The maximum absolute atomic E-state index is 12.4. The molecule has 64 heavy (non-hydrogen) atoms. The Bertz CT molecular complexity index is 955. The summed E-state index contributed by atoms with van der Waals surface area (Å²) < 4.78 is 5.47. The molecule has 0 aromatic rings. The van der Waals surface area contributed by atoms with E-state index in [2.05, 4.69) is 31.3 Å². The van der Waals surface area contributed by atoms with Crippen molar-refractivity contribution >= 4 is 11.9 Å². The van der Waals surface area contributed by atoms with E-state index in [9.17, 15) is 19.8 Å². The molecule has 0 saturated heterocycles. The fourth-order valence-electron chi connectivity index (χ4n) is 9.11. The number of esters is 1. The average molecular weight is 905 g/mol. The van der Waals surface area contributed by atoms with Crippen molar-refractivity contribution in [1.82, 2.24) is 5.32 Å². The molecule has 1 amide bonds. The number of nitrogens with one attached hydrogen (secondary N) is 1. The molecule has 0 rings (SSSR count). The first-order valence-corrected chi connectivity index (χ1v) is 28.9. The second kappa shape index (κ2) is 54.2. The molecule has 0 heterocycles. The molecule has 0 aliphatic carbocycles. The molecular formula is C58H113NO5. The van der Waals surface area contributed by atoms with E-state index in [1.165, 1.54) is 250 Å². The van der Waals surface area contributed by atoms with Crippen molar-refractivity contribution in [3.63, 3.8) is 0 Å². The summed E-state index contributed by atoms with van der Waals surface area (Å²) in [6.45, 7) is 4.95. The molecule has 0 aliphatic heterocycles. The highest BCUT2D eigenvalue weighted by Crippen LogP contribution is 2.17. The molecule has 2 atom stereocenters. The standard InChI is InChI=1S/C58H113NO5/c1-3-5-7-9-11-13-15-32-36-40-44-48-52-58(63)64-53-49-45-41-37-33-30-28-26-24-22-20-18-16-17-19-21-23-25-27-29-31-35-39-43-47-51-57(62)59-55(54-60)56(61)50-46-42-38-34-14-12-10-8-6-4-2/h17,19,55-56,60-61H,3-16,18,20-54H2,1-2H3,(H,59,62)/b19-17-. The second-order valence-corrected chi connectivity index (χ2v) is 20.0. The van der Waals surface area contributed by atoms with Gasteiger partial charge in [-0.05, 0) is 51.4 Å². The number of allylic oxidation sites excluding steroid dienone is 2. The molecule has 0 spiro atoms. The van der Waals surface area contributed by atoms with Crippen LogP contribution in [0.3, 0.4) is 0 Å². The minimum Gasteiger partial charge on any atom is -0.466 e. The minimum absolute atomic E-state index is 0.0144. The Morgan fingerprint density at radius 2 is 0.734 bits per heavy atom. The normalized spacial score (nSPS) is 12.6. The van der Waals surface area contributed by atoms with E-state index in [0.29, 0.717) is 25.9 Å². The van der Waals surface area contributed by atoms with E-state index in [1.54, 1.807) is 0 Å². The molecule has 0 radical (unpaired) electrons.